The number of esters is 1. The Balaban J connectivity index is 1.75. The predicted molar refractivity (Wildman–Crippen MR) is 137 cm³/mol. The third-order valence-corrected chi connectivity index (χ3v) is 6.29. The SMILES string of the molecule is CC[C@@H](C)N(CC(=O)N(CCc1ccccc1)Cc1ccc(C)o1)Cc1cccc(C(=O)OC)c1. The van der Waals surface area contributed by atoms with Gasteiger partial charge in [0.25, 0.3) is 0 Å². The number of amides is 1. The quantitative estimate of drug-likeness (QED) is 0.334. The van der Waals surface area contributed by atoms with Crippen molar-refractivity contribution in [2.45, 2.75) is 52.7 Å². The van der Waals surface area contributed by atoms with Crippen molar-refractivity contribution in [3.63, 3.8) is 0 Å². The van der Waals surface area contributed by atoms with E-state index in [2.05, 4.69) is 30.9 Å². The lowest BCUT2D eigenvalue weighted by Crippen LogP contribution is -2.43. The molecule has 0 radical (unpaired) electrons. The van der Waals surface area contributed by atoms with Gasteiger partial charge in [0.15, 0.2) is 0 Å². The topological polar surface area (TPSA) is 63.0 Å². The minimum atomic E-state index is -0.362. The molecule has 35 heavy (non-hydrogen) atoms. The van der Waals surface area contributed by atoms with E-state index < -0.39 is 0 Å². The van der Waals surface area contributed by atoms with E-state index in [1.807, 2.05) is 60.4 Å². The largest absolute Gasteiger partial charge is 0.465 e. The summed E-state index contributed by atoms with van der Waals surface area (Å²) >= 11 is 0. The summed E-state index contributed by atoms with van der Waals surface area (Å²) in [6, 6.07) is 21.7. The summed E-state index contributed by atoms with van der Waals surface area (Å²) in [5, 5.41) is 0. The molecule has 0 bridgehead atoms. The van der Waals surface area contributed by atoms with E-state index in [4.69, 9.17) is 9.15 Å². The molecule has 0 aliphatic carbocycles. The van der Waals surface area contributed by atoms with Crippen LogP contribution < -0.4 is 0 Å². The smallest absolute Gasteiger partial charge is 0.337 e. The third-order valence-electron chi connectivity index (χ3n) is 6.29. The van der Waals surface area contributed by atoms with Crippen molar-refractivity contribution in [3.05, 3.63) is 94.9 Å². The van der Waals surface area contributed by atoms with Crippen LogP contribution in [0.3, 0.4) is 0 Å². The number of rotatable bonds is 12. The Hall–Kier alpha value is -3.38. The number of hydrogen-bond acceptors (Lipinski definition) is 5. The van der Waals surface area contributed by atoms with Gasteiger partial charge >= 0.3 is 5.97 Å². The molecule has 0 saturated carbocycles. The van der Waals surface area contributed by atoms with Crippen LogP contribution in [0.5, 0.6) is 0 Å². The highest BCUT2D eigenvalue weighted by atomic mass is 16.5. The monoisotopic (exact) mass is 476 g/mol. The number of nitrogens with zero attached hydrogens (tertiary/aromatic N) is 2. The number of aryl methyl sites for hydroxylation is 1. The predicted octanol–water partition coefficient (Wildman–Crippen LogP) is 5.25. The number of methoxy groups -OCH3 is 1. The summed E-state index contributed by atoms with van der Waals surface area (Å²) in [6.07, 6.45) is 1.68. The zero-order chi connectivity index (χ0) is 25.2. The first-order chi connectivity index (χ1) is 16.9. The second-order valence-corrected chi connectivity index (χ2v) is 8.92. The van der Waals surface area contributed by atoms with Crippen LogP contribution in [0.25, 0.3) is 0 Å². The highest BCUT2D eigenvalue weighted by Gasteiger charge is 2.22. The molecule has 186 valence electrons. The van der Waals surface area contributed by atoms with Crippen molar-refractivity contribution in [2.75, 3.05) is 20.2 Å². The van der Waals surface area contributed by atoms with Crippen molar-refractivity contribution in [1.82, 2.24) is 9.80 Å². The zero-order valence-electron chi connectivity index (χ0n) is 21.2. The number of benzene rings is 2. The molecule has 6 heteroatoms. The molecule has 1 atom stereocenters. The lowest BCUT2D eigenvalue weighted by atomic mass is 10.1. The minimum absolute atomic E-state index is 0.0550. The summed E-state index contributed by atoms with van der Waals surface area (Å²) < 4.78 is 10.6. The second-order valence-electron chi connectivity index (χ2n) is 8.92. The molecule has 0 saturated heterocycles. The molecule has 0 fully saturated rings. The Bertz CT molecular complexity index is 1090. The van der Waals surface area contributed by atoms with Crippen LogP contribution in [0.15, 0.2) is 71.1 Å². The maximum atomic E-state index is 13.6. The molecule has 3 rings (SSSR count). The Morgan fingerprint density at radius 3 is 2.37 bits per heavy atom. The van der Waals surface area contributed by atoms with Crippen LogP contribution in [0, 0.1) is 6.92 Å². The van der Waals surface area contributed by atoms with E-state index >= 15 is 0 Å². The van der Waals surface area contributed by atoms with Crippen LogP contribution in [-0.2, 0) is 29.0 Å². The maximum Gasteiger partial charge on any atom is 0.337 e. The van der Waals surface area contributed by atoms with Crippen molar-refractivity contribution >= 4 is 11.9 Å². The molecule has 0 unspecified atom stereocenters. The fourth-order valence-corrected chi connectivity index (χ4v) is 4.01. The summed E-state index contributed by atoms with van der Waals surface area (Å²) in [6.45, 7) is 8.05. The summed E-state index contributed by atoms with van der Waals surface area (Å²) in [7, 11) is 1.38. The van der Waals surface area contributed by atoms with E-state index in [1.54, 1.807) is 6.07 Å². The molecule has 1 aromatic heterocycles. The standard InChI is InChI=1S/C29H36N2O4/c1-5-22(2)31(19-25-12-9-13-26(18-25)29(33)34-4)21-28(32)30(20-27-15-14-23(3)35-27)17-16-24-10-7-6-8-11-24/h6-15,18,22H,5,16-17,19-21H2,1-4H3/t22-/m1/s1. The van der Waals surface area contributed by atoms with Crippen LogP contribution in [-0.4, -0.2) is 47.9 Å². The first-order valence-electron chi connectivity index (χ1n) is 12.2. The van der Waals surface area contributed by atoms with E-state index in [0.717, 1.165) is 29.9 Å². The third kappa shape index (κ3) is 7.82. The lowest BCUT2D eigenvalue weighted by Gasteiger charge is -2.31. The van der Waals surface area contributed by atoms with Gasteiger partial charge in [-0.1, -0.05) is 49.4 Å². The van der Waals surface area contributed by atoms with Crippen molar-refractivity contribution < 1.29 is 18.7 Å². The summed E-state index contributed by atoms with van der Waals surface area (Å²) in [5.41, 5.74) is 2.68. The number of ether oxygens (including phenoxy) is 1. The molecule has 0 aliphatic rings. The number of furan rings is 1. The van der Waals surface area contributed by atoms with E-state index in [1.165, 1.54) is 12.7 Å². The highest BCUT2D eigenvalue weighted by molar-refractivity contribution is 5.89. The van der Waals surface area contributed by atoms with Gasteiger partial charge in [0.1, 0.15) is 11.5 Å². The number of carbonyl (C=O) groups is 2. The molecule has 0 N–H and O–H groups in total. The fraction of sp³-hybridized carbons (Fsp3) is 0.379. The molecule has 1 heterocycles. The van der Waals surface area contributed by atoms with Crippen molar-refractivity contribution in [1.29, 1.82) is 0 Å². The molecular weight excluding hydrogens is 440 g/mol. The molecule has 6 nitrogen and oxygen atoms in total. The van der Waals surface area contributed by atoms with Crippen LogP contribution in [0.1, 0.15) is 53.3 Å². The van der Waals surface area contributed by atoms with Crippen LogP contribution in [0.4, 0.5) is 0 Å². The first kappa shape index (κ1) is 26.2. The van der Waals surface area contributed by atoms with Gasteiger partial charge in [-0.15, -0.1) is 0 Å². The maximum absolute atomic E-state index is 13.6. The van der Waals surface area contributed by atoms with Crippen LogP contribution in [0.2, 0.25) is 0 Å². The highest BCUT2D eigenvalue weighted by Crippen LogP contribution is 2.16. The van der Waals surface area contributed by atoms with E-state index in [-0.39, 0.29) is 24.5 Å². The molecule has 0 aliphatic heterocycles. The average Bonchev–Trinajstić information content (AvgIpc) is 3.30. The van der Waals surface area contributed by atoms with Gasteiger partial charge in [-0.2, -0.15) is 0 Å². The molecular formula is C29H36N2O4. The lowest BCUT2D eigenvalue weighted by molar-refractivity contribution is -0.134. The number of hydrogen-bond donors (Lipinski definition) is 0. The number of carbonyl (C=O) groups excluding carboxylic acids is 2. The molecule has 2 aromatic carbocycles. The van der Waals surface area contributed by atoms with Gasteiger partial charge in [0.05, 0.1) is 25.8 Å². The fourth-order valence-electron chi connectivity index (χ4n) is 4.01. The van der Waals surface area contributed by atoms with Crippen molar-refractivity contribution in [3.8, 4) is 0 Å². The summed E-state index contributed by atoms with van der Waals surface area (Å²) in [4.78, 5) is 29.6. The van der Waals surface area contributed by atoms with Gasteiger partial charge in [0.2, 0.25) is 5.91 Å². The van der Waals surface area contributed by atoms with Gasteiger partial charge in [0, 0.05) is 19.1 Å². The average molecular weight is 477 g/mol. The normalized spacial score (nSPS) is 11.9. The zero-order valence-corrected chi connectivity index (χ0v) is 21.2. The Labute approximate surface area is 208 Å². The van der Waals surface area contributed by atoms with E-state index in [9.17, 15) is 9.59 Å². The Kier molecular flexibility index (Phi) is 9.67. The Morgan fingerprint density at radius 2 is 1.71 bits per heavy atom. The molecule has 0 spiro atoms. The van der Waals surface area contributed by atoms with Gasteiger partial charge in [-0.25, -0.2) is 4.79 Å². The van der Waals surface area contributed by atoms with Gasteiger partial charge in [-0.05, 0) is 62.1 Å². The molecule has 3 aromatic rings. The van der Waals surface area contributed by atoms with Crippen LogP contribution >= 0.6 is 0 Å². The van der Waals surface area contributed by atoms with E-state index in [0.29, 0.717) is 25.2 Å². The minimum Gasteiger partial charge on any atom is -0.465 e. The van der Waals surface area contributed by atoms with Gasteiger partial charge < -0.3 is 14.1 Å². The first-order valence-corrected chi connectivity index (χ1v) is 12.2. The molecule has 1 amide bonds. The second kappa shape index (κ2) is 12.9. The summed E-state index contributed by atoms with van der Waals surface area (Å²) in [5.74, 6) is 1.31. The van der Waals surface area contributed by atoms with Crippen molar-refractivity contribution in [2.24, 2.45) is 0 Å². The van der Waals surface area contributed by atoms with Gasteiger partial charge in [-0.3, -0.25) is 9.69 Å². The Morgan fingerprint density at radius 1 is 0.971 bits per heavy atom.